The van der Waals surface area contributed by atoms with Gasteiger partial charge in [0, 0.05) is 12.2 Å². The number of aliphatic carboxylic acids is 1. The first-order valence-electron chi connectivity index (χ1n) is 4.53. The molecule has 4 heteroatoms. The van der Waals surface area contributed by atoms with E-state index in [1.807, 2.05) is 12.1 Å². The SMILES string of the molecule is Nc1cccc2c1CCNC2C(=O)O. The Hall–Kier alpha value is -1.55. The van der Waals surface area contributed by atoms with Gasteiger partial charge in [0.15, 0.2) is 0 Å². The highest BCUT2D eigenvalue weighted by Gasteiger charge is 2.26. The van der Waals surface area contributed by atoms with Gasteiger partial charge in [-0.15, -0.1) is 0 Å². The summed E-state index contributed by atoms with van der Waals surface area (Å²) in [5.41, 5.74) is 8.24. The average molecular weight is 192 g/mol. The van der Waals surface area contributed by atoms with Crippen LogP contribution in [0.1, 0.15) is 17.2 Å². The first kappa shape index (κ1) is 9.02. The Labute approximate surface area is 81.7 Å². The molecule has 14 heavy (non-hydrogen) atoms. The van der Waals surface area contributed by atoms with Crippen LogP contribution >= 0.6 is 0 Å². The molecule has 0 saturated carbocycles. The van der Waals surface area contributed by atoms with E-state index in [0.717, 1.165) is 17.5 Å². The zero-order valence-corrected chi connectivity index (χ0v) is 7.66. The summed E-state index contributed by atoms with van der Waals surface area (Å²) in [4.78, 5) is 10.9. The van der Waals surface area contributed by atoms with Gasteiger partial charge in [0.2, 0.25) is 0 Å². The summed E-state index contributed by atoms with van der Waals surface area (Å²) < 4.78 is 0. The number of fused-ring (bicyclic) bond motifs is 1. The third-order valence-electron chi connectivity index (χ3n) is 2.53. The molecule has 0 aromatic heterocycles. The lowest BCUT2D eigenvalue weighted by Gasteiger charge is -2.24. The van der Waals surface area contributed by atoms with Crippen molar-refractivity contribution in [3.8, 4) is 0 Å². The summed E-state index contributed by atoms with van der Waals surface area (Å²) in [6.45, 7) is 0.665. The van der Waals surface area contributed by atoms with Crippen LogP contribution in [0.15, 0.2) is 18.2 Å². The zero-order chi connectivity index (χ0) is 10.1. The Morgan fingerprint density at radius 3 is 3.07 bits per heavy atom. The van der Waals surface area contributed by atoms with Crippen molar-refractivity contribution in [2.45, 2.75) is 12.5 Å². The minimum atomic E-state index is -0.850. The van der Waals surface area contributed by atoms with E-state index >= 15 is 0 Å². The van der Waals surface area contributed by atoms with Crippen LogP contribution in [0.5, 0.6) is 0 Å². The minimum Gasteiger partial charge on any atom is -0.480 e. The van der Waals surface area contributed by atoms with Gasteiger partial charge in [-0.3, -0.25) is 4.79 Å². The Morgan fingerprint density at radius 1 is 1.57 bits per heavy atom. The van der Waals surface area contributed by atoms with Gasteiger partial charge in [0.1, 0.15) is 6.04 Å². The van der Waals surface area contributed by atoms with Gasteiger partial charge < -0.3 is 16.2 Å². The number of rotatable bonds is 1. The van der Waals surface area contributed by atoms with Gasteiger partial charge in [-0.05, 0) is 23.6 Å². The molecular formula is C10H12N2O2. The smallest absolute Gasteiger partial charge is 0.325 e. The van der Waals surface area contributed by atoms with Gasteiger partial charge >= 0.3 is 5.97 Å². The number of anilines is 1. The predicted molar refractivity (Wildman–Crippen MR) is 52.9 cm³/mol. The lowest BCUT2D eigenvalue weighted by molar-refractivity contribution is -0.139. The second kappa shape index (κ2) is 3.31. The fraction of sp³-hybridized carbons (Fsp3) is 0.300. The van der Waals surface area contributed by atoms with Crippen LogP contribution in [0, 0.1) is 0 Å². The summed E-state index contributed by atoms with van der Waals surface area (Å²) in [5.74, 6) is -0.850. The first-order valence-corrected chi connectivity index (χ1v) is 4.53. The van der Waals surface area contributed by atoms with Gasteiger partial charge in [-0.2, -0.15) is 0 Å². The van der Waals surface area contributed by atoms with Crippen molar-refractivity contribution in [3.63, 3.8) is 0 Å². The van der Waals surface area contributed by atoms with E-state index in [4.69, 9.17) is 10.8 Å². The summed E-state index contributed by atoms with van der Waals surface area (Å²) in [7, 11) is 0. The Bertz CT molecular complexity index is 376. The lowest BCUT2D eigenvalue weighted by atomic mass is 9.93. The molecule has 1 aromatic carbocycles. The highest BCUT2D eigenvalue weighted by atomic mass is 16.4. The third kappa shape index (κ3) is 1.33. The molecule has 1 unspecified atom stereocenters. The van der Waals surface area contributed by atoms with Crippen molar-refractivity contribution < 1.29 is 9.90 Å². The van der Waals surface area contributed by atoms with Crippen LogP contribution < -0.4 is 11.1 Å². The molecule has 74 valence electrons. The van der Waals surface area contributed by atoms with Crippen molar-refractivity contribution >= 4 is 11.7 Å². The molecule has 1 atom stereocenters. The number of benzene rings is 1. The highest BCUT2D eigenvalue weighted by molar-refractivity contribution is 5.77. The van der Waals surface area contributed by atoms with Crippen LogP contribution in [0.2, 0.25) is 0 Å². The topological polar surface area (TPSA) is 75.3 Å². The van der Waals surface area contributed by atoms with Crippen LogP contribution in [-0.4, -0.2) is 17.6 Å². The summed E-state index contributed by atoms with van der Waals surface area (Å²) in [6.07, 6.45) is 0.797. The highest BCUT2D eigenvalue weighted by Crippen LogP contribution is 2.27. The number of hydrogen-bond donors (Lipinski definition) is 3. The standard InChI is InChI=1S/C10H12N2O2/c11-8-3-1-2-7-6(8)4-5-12-9(7)10(13)14/h1-3,9,12H,4-5,11H2,(H,13,14). The summed E-state index contributed by atoms with van der Waals surface area (Å²) >= 11 is 0. The Morgan fingerprint density at radius 2 is 2.36 bits per heavy atom. The quantitative estimate of drug-likeness (QED) is 0.568. The molecule has 1 aromatic rings. The fourth-order valence-corrected chi connectivity index (χ4v) is 1.85. The van der Waals surface area contributed by atoms with Crippen LogP contribution in [0.25, 0.3) is 0 Å². The maximum absolute atomic E-state index is 10.9. The molecule has 1 aliphatic heterocycles. The molecular weight excluding hydrogens is 180 g/mol. The summed E-state index contributed by atoms with van der Waals surface area (Å²) in [6, 6.07) is 4.80. The van der Waals surface area contributed by atoms with Crippen molar-refractivity contribution in [1.82, 2.24) is 5.32 Å². The molecule has 1 aliphatic rings. The van der Waals surface area contributed by atoms with E-state index in [0.29, 0.717) is 12.2 Å². The molecule has 0 amide bonds. The van der Waals surface area contributed by atoms with Crippen molar-refractivity contribution in [2.75, 3.05) is 12.3 Å². The largest absolute Gasteiger partial charge is 0.480 e. The molecule has 0 radical (unpaired) electrons. The maximum Gasteiger partial charge on any atom is 0.325 e. The third-order valence-corrected chi connectivity index (χ3v) is 2.53. The summed E-state index contributed by atoms with van der Waals surface area (Å²) in [5, 5.41) is 11.9. The van der Waals surface area contributed by atoms with E-state index in [2.05, 4.69) is 5.32 Å². The number of carbonyl (C=O) groups is 1. The Kier molecular flexibility index (Phi) is 2.13. The fourth-order valence-electron chi connectivity index (χ4n) is 1.85. The van der Waals surface area contributed by atoms with E-state index < -0.39 is 12.0 Å². The van der Waals surface area contributed by atoms with Gasteiger partial charge in [-0.25, -0.2) is 0 Å². The number of carboxylic acids is 1. The molecule has 0 aliphatic carbocycles. The molecule has 2 rings (SSSR count). The van der Waals surface area contributed by atoms with Crippen molar-refractivity contribution in [2.24, 2.45) is 0 Å². The Balaban J connectivity index is 2.49. The van der Waals surface area contributed by atoms with E-state index in [-0.39, 0.29) is 0 Å². The number of nitrogen functional groups attached to an aromatic ring is 1. The van der Waals surface area contributed by atoms with E-state index in [9.17, 15) is 4.79 Å². The predicted octanol–water partition coefficient (Wildman–Crippen LogP) is 0.540. The normalized spacial score (nSPS) is 20.1. The number of nitrogens with two attached hydrogens (primary N) is 1. The second-order valence-corrected chi connectivity index (χ2v) is 3.39. The molecule has 0 fully saturated rings. The number of carboxylic acid groups (broad SMARTS) is 1. The molecule has 4 nitrogen and oxygen atoms in total. The monoisotopic (exact) mass is 192 g/mol. The average Bonchev–Trinajstić information content (AvgIpc) is 2.17. The van der Waals surface area contributed by atoms with Crippen LogP contribution in [0.3, 0.4) is 0 Å². The van der Waals surface area contributed by atoms with E-state index in [1.165, 1.54) is 0 Å². The minimum absolute atomic E-state index is 0.609. The second-order valence-electron chi connectivity index (χ2n) is 3.39. The number of hydrogen-bond acceptors (Lipinski definition) is 3. The van der Waals surface area contributed by atoms with Crippen molar-refractivity contribution in [1.29, 1.82) is 0 Å². The molecule has 1 heterocycles. The van der Waals surface area contributed by atoms with E-state index in [1.54, 1.807) is 6.07 Å². The molecule has 4 N–H and O–H groups in total. The zero-order valence-electron chi connectivity index (χ0n) is 7.66. The lowest BCUT2D eigenvalue weighted by Crippen LogP contribution is -2.35. The van der Waals surface area contributed by atoms with Crippen molar-refractivity contribution in [3.05, 3.63) is 29.3 Å². The van der Waals surface area contributed by atoms with Gasteiger partial charge in [0.05, 0.1) is 0 Å². The molecule has 0 spiro atoms. The van der Waals surface area contributed by atoms with Gasteiger partial charge in [-0.1, -0.05) is 12.1 Å². The number of nitrogens with one attached hydrogen (secondary N) is 1. The first-order chi connectivity index (χ1) is 6.70. The maximum atomic E-state index is 10.9. The molecule has 0 bridgehead atoms. The van der Waals surface area contributed by atoms with Gasteiger partial charge in [0.25, 0.3) is 0 Å². The van der Waals surface area contributed by atoms with Crippen LogP contribution in [0.4, 0.5) is 5.69 Å². The van der Waals surface area contributed by atoms with Crippen LogP contribution in [-0.2, 0) is 11.2 Å². The molecule has 0 saturated heterocycles.